The Balaban J connectivity index is 1.40. The van der Waals surface area contributed by atoms with Crippen LogP contribution in [0.25, 0.3) is 0 Å². The molecule has 3 rings (SSSR count). The zero-order chi connectivity index (χ0) is 20.5. The number of aromatic nitrogens is 1. The van der Waals surface area contributed by atoms with Gasteiger partial charge in [0.1, 0.15) is 0 Å². The van der Waals surface area contributed by atoms with Crippen LogP contribution < -0.4 is 5.32 Å². The van der Waals surface area contributed by atoms with Gasteiger partial charge >= 0.3 is 6.03 Å². The molecule has 2 heterocycles. The number of urea groups is 1. The molecule has 0 radical (unpaired) electrons. The van der Waals surface area contributed by atoms with Crippen molar-refractivity contribution in [2.45, 2.75) is 33.5 Å². The molecule has 1 saturated heterocycles. The summed E-state index contributed by atoms with van der Waals surface area (Å²) in [7, 11) is 0. The Bertz CT molecular complexity index is 738. The SMILES string of the molecule is CCN(CC)Cc1ccc(CNC(=O)N2CCN(Cc3cccnc3)CC2)cc1. The maximum absolute atomic E-state index is 12.5. The number of hydrogen-bond acceptors (Lipinski definition) is 4. The first kappa shape index (κ1) is 21.3. The van der Waals surface area contributed by atoms with Gasteiger partial charge in [0.05, 0.1) is 0 Å². The van der Waals surface area contributed by atoms with Crippen molar-refractivity contribution in [3.63, 3.8) is 0 Å². The van der Waals surface area contributed by atoms with Crippen LogP contribution in [0.15, 0.2) is 48.8 Å². The van der Waals surface area contributed by atoms with Crippen LogP contribution in [0.2, 0.25) is 0 Å². The smallest absolute Gasteiger partial charge is 0.317 e. The molecule has 0 saturated carbocycles. The fraction of sp³-hybridized carbons (Fsp3) is 0.478. The van der Waals surface area contributed by atoms with Crippen molar-refractivity contribution in [1.82, 2.24) is 25.0 Å². The second-order valence-electron chi connectivity index (χ2n) is 7.56. The van der Waals surface area contributed by atoms with Crippen LogP contribution in [0.5, 0.6) is 0 Å². The van der Waals surface area contributed by atoms with Gasteiger partial charge in [0.15, 0.2) is 0 Å². The van der Waals surface area contributed by atoms with Gasteiger partial charge < -0.3 is 10.2 Å². The monoisotopic (exact) mass is 395 g/mol. The van der Waals surface area contributed by atoms with Gasteiger partial charge in [-0.2, -0.15) is 0 Å². The van der Waals surface area contributed by atoms with Gasteiger partial charge in [-0.1, -0.05) is 44.2 Å². The van der Waals surface area contributed by atoms with Crippen molar-refractivity contribution in [2.75, 3.05) is 39.3 Å². The maximum atomic E-state index is 12.5. The average molecular weight is 396 g/mol. The third-order valence-electron chi connectivity index (χ3n) is 5.56. The Hall–Kier alpha value is -2.44. The van der Waals surface area contributed by atoms with Gasteiger partial charge in [0.2, 0.25) is 0 Å². The zero-order valence-corrected chi connectivity index (χ0v) is 17.7. The molecule has 0 aliphatic carbocycles. The highest BCUT2D eigenvalue weighted by Gasteiger charge is 2.20. The molecule has 2 aromatic rings. The summed E-state index contributed by atoms with van der Waals surface area (Å²) in [5.74, 6) is 0. The molecule has 29 heavy (non-hydrogen) atoms. The van der Waals surface area contributed by atoms with E-state index >= 15 is 0 Å². The summed E-state index contributed by atoms with van der Waals surface area (Å²) < 4.78 is 0. The summed E-state index contributed by atoms with van der Waals surface area (Å²) in [6, 6.07) is 12.6. The van der Waals surface area contributed by atoms with Crippen LogP contribution in [-0.4, -0.2) is 65.0 Å². The average Bonchev–Trinajstić information content (AvgIpc) is 2.78. The number of piperazine rings is 1. The van der Waals surface area contributed by atoms with Crippen molar-refractivity contribution in [2.24, 2.45) is 0 Å². The van der Waals surface area contributed by atoms with E-state index in [1.54, 1.807) is 6.20 Å². The Morgan fingerprint density at radius 3 is 2.31 bits per heavy atom. The Morgan fingerprint density at radius 2 is 1.69 bits per heavy atom. The Kier molecular flexibility index (Phi) is 8.02. The quantitative estimate of drug-likeness (QED) is 0.747. The molecule has 6 heteroatoms. The number of nitrogens with zero attached hydrogens (tertiary/aromatic N) is 4. The van der Waals surface area contributed by atoms with E-state index in [9.17, 15) is 4.79 Å². The first-order chi connectivity index (χ1) is 14.2. The van der Waals surface area contributed by atoms with Gasteiger partial charge in [-0.25, -0.2) is 4.79 Å². The van der Waals surface area contributed by atoms with Crippen molar-refractivity contribution >= 4 is 6.03 Å². The predicted octanol–water partition coefficient (Wildman–Crippen LogP) is 2.95. The molecule has 1 aromatic heterocycles. The van der Waals surface area contributed by atoms with E-state index in [1.807, 2.05) is 17.2 Å². The minimum absolute atomic E-state index is 0.0262. The molecule has 2 amide bonds. The van der Waals surface area contributed by atoms with Gasteiger partial charge in [-0.3, -0.25) is 14.8 Å². The highest BCUT2D eigenvalue weighted by atomic mass is 16.2. The molecule has 156 valence electrons. The predicted molar refractivity (Wildman–Crippen MR) is 116 cm³/mol. The molecular weight excluding hydrogens is 362 g/mol. The number of hydrogen-bond donors (Lipinski definition) is 1. The molecule has 1 aliphatic rings. The van der Waals surface area contributed by atoms with Gasteiger partial charge in [-0.15, -0.1) is 0 Å². The lowest BCUT2D eigenvalue weighted by molar-refractivity contribution is 0.135. The number of carbonyl (C=O) groups excluding carboxylic acids is 1. The largest absolute Gasteiger partial charge is 0.334 e. The molecule has 0 unspecified atom stereocenters. The fourth-order valence-corrected chi connectivity index (χ4v) is 3.62. The molecule has 1 fully saturated rings. The van der Waals surface area contributed by atoms with Crippen LogP contribution in [-0.2, 0) is 19.6 Å². The lowest BCUT2D eigenvalue weighted by Gasteiger charge is -2.34. The molecule has 1 aromatic carbocycles. The lowest BCUT2D eigenvalue weighted by Crippen LogP contribution is -2.51. The summed E-state index contributed by atoms with van der Waals surface area (Å²) in [5, 5.41) is 3.06. The third kappa shape index (κ3) is 6.54. The van der Waals surface area contributed by atoms with Crippen molar-refractivity contribution in [1.29, 1.82) is 0 Å². The zero-order valence-electron chi connectivity index (χ0n) is 17.7. The number of rotatable bonds is 8. The van der Waals surface area contributed by atoms with E-state index in [0.717, 1.165) is 57.9 Å². The van der Waals surface area contributed by atoms with Crippen molar-refractivity contribution in [3.05, 3.63) is 65.5 Å². The standard InChI is InChI=1S/C23H33N5O/c1-3-26(4-2)18-21-9-7-20(8-10-21)17-25-23(29)28-14-12-27(13-15-28)19-22-6-5-11-24-16-22/h5-11,16H,3-4,12-15,17-19H2,1-2H3,(H,25,29). The molecule has 6 nitrogen and oxygen atoms in total. The third-order valence-corrected chi connectivity index (χ3v) is 5.56. The summed E-state index contributed by atoms with van der Waals surface area (Å²) in [4.78, 5) is 23.4. The maximum Gasteiger partial charge on any atom is 0.317 e. The van der Waals surface area contributed by atoms with E-state index < -0.39 is 0 Å². The number of benzene rings is 1. The highest BCUT2D eigenvalue weighted by molar-refractivity contribution is 5.74. The summed E-state index contributed by atoms with van der Waals surface area (Å²) in [5.41, 5.74) is 3.67. The number of nitrogens with one attached hydrogen (secondary N) is 1. The minimum atomic E-state index is 0.0262. The lowest BCUT2D eigenvalue weighted by atomic mass is 10.1. The van der Waals surface area contributed by atoms with E-state index in [-0.39, 0.29) is 6.03 Å². The molecule has 1 N–H and O–H groups in total. The first-order valence-corrected chi connectivity index (χ1v) is 10.6. The van der Waals surface area contributed by atoms with Crippen LogP contribution in [0.1, 0.15) is 30.5 Å². The minimum Gasteiger partial charge on any atom is -0.334 e. The molecular formula is C23H33N5O. The summed E-state index contributed by atoms with van der Waals surface area (Å²) in [6.07, 6.45) is 3.71. The first-order valence-electron chi connectivity index (χ1n) is 10.6. The van der Waals surface area contributed by atoms with Crippen LogP contribution in [0, 0.1) is 0 Å². The number of amides is 2. The van der Waals surface area contributed by atoms with E-state index in [0.29, 0.717) is 6.54 Å². The fourth-order valence-electron chi connectivity index (χ4n) is 3.62. The second kappa shape index (κ2) is 10.9. The van der Waals surface area contributed by atoms with Gasteiger partial charge in [0.25, 0.3) is 0 Å². The van der Waals surface area contributed by atoms with Gasteiger partial charge in [0, 0.05) is 58.2 Å². The molecule has 0 spiro atoms. The number of pyridine rings is 1. The van der Waals surface area contributed by atoms with Crippen LogP contribution in [0.3, 0.4) is 0 Å². The number of carbonyl (C=O) groups is 1. The molecule has 0 bridgehead atoms. The Labute approximate surface area is 174 Å². The molecule has 0 atom stereocenters. The Morgan fingerprint density at radius 1 is 1.00 bits per heavy atom. The normalized spacial score (nSPS) is 14.9. The summed E-state index contributed by atoms with van der Waals surface area (Å²) in [6.45, 7) is 12.2. The van der Waals surface area contributed by atoms with E-state index in [1.165, 1.54) is 11.1 Å². The second-order valence-corrected chi connectivity index (χ2v) is 7.56. The van der Waals surface area contributed by atoms with E-state index in [2.05, 4.69) is 64.3 Å². The van der Waals surface area contributed by atoms with Crippen LogP contribution in [0.4, 0.5) is 4.79 Å². The van der Waals surface area contributed by atoms with Crippen LogP contribution >= 0.6 is 0 Å². The highest BCUT2D eigenvalue weighted by Crippen LogP contribution is 2.10. The topological polar surface area (TPSA) is 51.7 Å². The van der Waals surface area contributed by atoms with E-state index in [4.69, 9.17) is 0 Å². The van der Waals surface area contributed by atoms with Crippen molar-refractivity contribution in [3.8, 4) is 0 Å². The van der Waals surface area contributed by atoms with Crippen molar-refractivity contribution < 1.29 is 4.79 Å². The molecule has 1 aliphatic heterocycles. The van der Waals surface area contributed by atoms with Gasteiger partial charge in [-0.05, 0) is 35.8 Å². The summed E-state index contributed by atoms with van der Waals surface area (Å²) >= 11 is 0.